The lowest BCUT2D eigenvalue weighted by molar-refractivity contribution is 0.00358. The van der Waals surface area contributed by atoms with E-state index in [2.05, 4.69) is 4.98 Å². The molecule has 2 heterocycles. The van der Waals surface area contributed by atoms with Gasteiger partial charge in [0.05, 0.1) is 19.3 Å². The highest BCUT2D eigenvalue weighted by atomic mass is 16.5. The molecule has 0 aromatic carbocycles. The van der Waals surface area contributed by atoms with Crippen LogP contribution in [0, 0.1) is 0 Å². The van der Waals surface area contributed by atoms with Crippen LogP contribution in [-0.2, 0) is 4.74 Å². The van der Waals surface area contributed by atoms with Gasteiger partial charge in [0.1, 0.15) is 5.82 Å². The first-order valence-electron chi connectivity index (χ1n) is 6.65. The molecule has 19 heavy (non-hydrogen) atoms. The Kier molecular flexibility index (Phi) is 4.04. The Morgan fingerprint density at radius 1 is 1.53 bits per heavy atom. The molecule has 0 aliphatic carbocycles. The quantitative estimate of drug-likeness (QED) is 0.881. The smallest absolute Gasteiger partial charge is 0.254 e. The molecule has 5 heteroatoms. The van der Waals surface area contributed by atoms with E-state index in [4.69, 9.17) is 10.5 Å². The van der Waals surface area contributed by atoms with E-state index < -0.39 is 0 Å². The third-order valence-corrected chi connectivity index (χ3v) is 3.33. The zero-order valence-electron chi connectivity index (χ0n) is 11.7. The molecule has 1 fully saturated rings. The summed E-state index contributed by atoms with van der Waals surface area (Å²) in [4.78, 5) is 18.6. The van der Waals surface area contributed by atoms with Crippen molar-refractivity contribution in [3.05, 3.63) is 23.4 Å². The number of nitrogens with two attached hydrogens (primary N) is 1. The fraction of sp³-hybridized carbons (Fsp3) is 0.571. The summed E-state index contributed by atoms with van der Waals surface area (Å²) in [5, 5.41) is 0. The number of rotatable bonds is 2. The van der Waals surface area contributed by atoms with Crippen LogP contribution < -0.4 is 5.73 Å². The predicted molar refractivity (Wildman–Crippen MR) is 74.1 cm³/mol. The molecule has 104 valence electrons. The average Bonchev–Trinajstić information content (AvgIpc) is 2.37. The lowest BCUT2D eigenvalue weighted by Crippen LogP contribution is -2.47. The van der Waals surface area contributed by atoms with Gasteiger partial charge in [-0.3, -0.25) is 4.79 Å². The van der Waals surface area contributed by atoms with Crippen LogP contribution in [0.5, 0.6) is 0 Å². The molecule has 1 atom stereocenters. The lowest BCUT2D eigenvalue weighted by atomic mass is 10.1. The number of nitrogens with zero attached hydrogens (tertiary/aromatic N) is 2. The first-order chi connectivity index (χ1) is 8.99. The van der Waals surface area contributed by atoms with Gasteiger partial charge in [0, 0.05) is 17.8 Å². The van der Waals surface area contributed by atoms with Crippen molar-refractivity contribution in [1.29, 1.82) is 0 Å². The molecule has 0 radical (unpaired) electrons. The molecule has 0 saturated carbocycles. The molecule has 5 nitrogen and oxygen atoms in total. The minimum absolute atomic E-state index is 0.00630. The Labute approximate surface area is 113 Å². The summed E-state index contributed by atoms with van der Waals surface area (Å²) in [5.41, 5.74) is 7.26. The topological polar surface area (TPSA) is 68.5 Å². The molecule has 2 N–H and O–H groups in total. The molecule has 1 amide bonds. The SMILES string of the molecule is CC(C)c1cc(C(=O)N2CCOCC2C)cc(N)n1. The van der Waals surface area contributed by atoms with Crippen molar-refractivity contribution in [2.75, 3.05) is 25.5 Å². The van der Waals surface area contributed by atoms with Crippen LogP contribution in [-0.4, -0.2) is 41.6 Å². The maximum absolute atomic E-state index is 12.5. The molecule has 2 rings (SSSR count). The molecule has 1 unspecified atom stereocenters. The maximum atomic E-state index is 12.5. The Bertz CT molecular complexity index is 474. The summed E-state index contributed by atoms with van der Waals surface area (Å²) in [6, 6.07) is 3.58. The number of hydrogen-bond donors (Lipinski definition) is 1. The molecular weight excluding hydrogens is 242 g/mol. The molecule has 1 aliphatic rings. The van der Waals surface area contributed by atoms with Crippen molar-refractivity contribution >= 4 is 11.7 Å². The third-order valence-electron chi connectivity index (χ3n) is 3.33. The highest BCUT2D eigenvalue weighted by Crippen LogP contribution is 2.19. The van der Waals surface area contributed by atoms with Crippen molar-refractivity contribution in [2.24, 2.45) is 0 Å². The monoisotopic (exact) mass is 263 g/mol. The number of ether oxygens (including phenoxy) is 1. The van der Waals surface area contributed by atoms with E-state index in [0.717, 1.165) is 5.69 Å². The lowest BCUT2D eigenvalue weighted by Gasteiger charge is -2.33. The van der Waals surface area contributed by atoms with Crippen LogP contribution in [0.4, 0.5) is 5.82 Å². The fourth-order valence-electron chi connectivity index (χ4n) is 2.19. The van der Waals surface area contributed by atoms with Gasteiger partial charge >= 0.3 is 0 Å². The van der Waals surface area contributed by atoms with Gasteiger partial charge in [0.2, 0.25) is 0 Å². The van der Waals surface area contributed by atoms with Crippen LogP contribution in [0.1, 0.15) is 42.7 Å². The Balaban J connectivity index is 2.27. The largest absolute Gasteiger partial charge is 0.384 e. The molecule has 1 saturated heterocycles. The second-order valence-corrected chi connectivity index (χ2v) is 5.28. The van der Waals surface area contributed by atoms with Crippen molar-refractivity contribution in [3.63, 3.8) is 0 Å². The van der Waals surface area contributed by atoms with E-state index in [1.54, 1.807) is 6.07 Å². The Hall–Kier alpha value is -1.62. The summed E-state index contributed by atoms with van der Waals surface area (Å²) in [7, 11) is 0. The van der Waals surface area contributed by atoms with Crippen LogP contribution >= 0.6 is 0 Å². The number of anilines is 1. The summed E-state index contributed by atoms with van der Waals surface area (Å²) in [5.74, 6) is 0.652. The zero-order valence-corrected chi connectivity index (χ0v) is 11.7. The number of pyridine rings is 1. The predicted octanol–water partition coefficient (Wildman–Crippen LogP) is 1.65. The third kappa shape index (κ3) is 3.04. The maximum Gasteiger partial charge on any atom is 0.254 e. The van der Waals surface area contributed by atoms with Crippen molar-refractivity contribution in [3.8, 4) is 0 Å². The van der Waals surface area contributed by atoms with Gasteiger partial charge in [-0.05, 0) is 25.0 Å². The summed E-state index contributed by atoms with van der Waals surface area (Å²) < 4.78 is 5.35. The Morgan fingerprint density at radius 2 is 2.26 bits per heavy atom. The van der Waals surface area contributed by atoms with E-state index >= 15 is 0 Å². The normalized spacial score (nSPS) is 19.8. The number of hydrogen-bond acceptors (Lipinski definition) is 4. The van der Waals surface area contributed by atoms with Gasteiger partial charge in [-0.25, -0.2) is 4.98 Å². The molecule has 1 aliphatic heterocycles. The van der Waals surface area contributed by atoms with Gasteiger partial charge in [-0.15, -0.1) is 0 Å². The number of morpholine rings is 1. The van der Waals surface area contributed by atoms with Gasteiger partial charge in [-0.1, -0.05) is 13.8 Å². The van der Waals surface area contributed by atoms with Crippen molar-refractivity contribution in [1.82, 2.24) is 9.88 Å². The van der Waals surface area contributed by atoms with Crippen LogP contribution in [0.15, 0.2) is 12.1 Å². The highest BCUT2D eigenvalue weighted by Gasteiger charge is 2.25. The minimum atomic E-state index is 0.00630. The number of amides is 1. The number of carbonyl (C=O) groups is 1. The molecule has 1 aromatic heterocycles. The first-order valence-corrected chi connectivity index (χ1v) is 6.65. The minimum Gasteiger partial charge on any atom is -0.384 e. The van der Waals surface area contributed by atoms with E-state index in [9.17, 15) is 4.79 Å². The first kappa shape index (κ1) is 13.8. The second kappa shape index (κ2) is 5.57. The van der Waals surface area contributed by atoms with Crippen LogP contribution in [0.2, 0.25) is 0 Å². The average molecular weight is 263 g/mol. The van der Waals surface area contributed by atoms with Gasteiger partial charge in [0.15, 0.2) is 0 Å². The molecular formula is C14H21N3O2. The number of aromatic nitrogens is 1. The van der Waals surface area contributed by atoms with Gasteiger partial charge in [0.25, 0.3) is 5.91 Å². The molecule has 0 spiro atoms. The fourth-order valence-corrected chi connectivity index (χ4v) is 2.19. The van der Waals surface area contributed by atoms with Crippen molar-refractivity contribution < 1.29 is 9.53 Å². The van der Waals surface area contributed by atoms with E-state index in [1.807, 2.05) is 31.7 Å². The molecule has 0 bridgehead atoms. The van der Waals surface area contributed by atoms with Gasteiger partial charge in [-0.2, -0.15) is 0 Å². The molecule has 1 aromatic rings. The van der Waals surface area contributed by atoms with E-state index in [0.29, 0.717) is 31.1 Å². The van der Waals surface area contributed by atoms with Crippen molar-refractivity contribution in [2.45, 2.75) is 32.7 Å². The standard InChI is InChI=1S/C14H21N3O2/c1-9(2)12-6-11(7-13(15)16-12)14(18)17-4-5-19-8-10(17)3/h6-7,9-10H,4-5,8H2,1-3H3,(H2,15,16). The highest BCUT2D eigenvalue weighted by molar-refractivity contribution is 5.95. The summed E-state index contributed by atoms with van der Waals surface area (Å²) >= 11 is 0. The van der Waals surface area contributed by atoms with E-state index in [1.165, 1.54) is 0 Å². The number of nitrogen functional groups attached to an aromatic ring is 1. The van der Waals surface area contributed by atoms with Crippen LogP contribution in [0.25, 0.3) is 0 Å². The number of carbonyl (C=O) groups excluding carboxylic acids is 1. The van der Waals surface area contributed by atoms with E-state index in [-0.39, 0.29) is 17.9 Å². The van der Waals surface area contributed by atoms with Crippen LogP contribution in [0.3, 0.4) is 0 Å². The summed E-state index contributed by atoms with van der Waals surface area (Å²) in [6.45, 7) is 7.86. The summed E-state index contributed by atoms with van der Waals surface area (Å²) in [6.07, 6.45) is 0. The Morgan fingerprint density at radius 3 is 2.89 bits per heavy atom. The van der Waals surface area contributed by atoms with Gasteiger partial charge < -0.3 is 15.4 Å². The zero-order chi connectivity index (χ0) is 14.0. The second-order valence-electron chi connectivity index (χ2n) is 5.28.